The Morgan fingerprint density at radius 3 is 2.88 bits per heavy atom. The van der Waals surface area contributed by atoms with Gasteiger partial charge < -0.3 is 15.5 Å². The number of nitrogens with one attached hydrogen (secondary N) is 1. The summed E-state index contributed by atoms with van der Waals surface area (Å²) in [5.41, 5.74) is 5.44. The van der Waals surface area contributed by atoms with Crippen molar-refractivity contribution < 1.29 is 4.42 Å². The summed E-state index contributed by atoms with van der Waals surface area (Å²) in [5, 5.41) is 3.06. The molecule has 2 aromatic rings. The Morgan fingerprint density at radius 2 is 2.25 bits per heavy atom. The second-order valence-electron chi connectivity index (χ2n) is 3.17. The van der Waals surface area contributed by atoms with E-state index in [9.17, 15) is 0 Å². The Balaban J connectivity index is 2.15. The monoisotopic (exact) mass is 239 g/mol. The molecule has 0 amide bonds. The van der Waals surface area contributed by atoms with Crippen LogP contribution in [0.25, 0.3) is 0 Å². The van der Waals surface area contributed by atoms with Crippen LogP contribution in [0.4, 0.5) is 11.9 Å². The first kappa shape index (κ1) is 10.7. The van der Waals surface area contributed by atoms with Gasteiger partial charge in [0, 0.05) is 0 Å². The van der Waals surface area contributed by atoms with Gasteiger partial charge in [-0.1, -0.05) is 0 Å². The fourth-order valence-electron chi connectivity index (χ4n) is 1.23. The Labute approximate surface area is 96.9 Å². The van der Waals surface area contributed by atoms with Gasteiger partial charge >= 0.3 is 0 Å². The lowest BCUT2D eigenvalue weighted by molar-refractivity contribution is 0.489. The van der Waals surface area contributed by atoms with Crippen LogP contribution in [0.5, 0.6) is 0 Å². The molecule has 0 aliphatic rings. The lowest BCUT2D eigenvalue weighted by atomic mass is 10.2. The third-order valence-corrected chi connectivity index (χ3v) is 2.11. The van der Waals surface area contributed by atoms with E-state index < -0.39 is 0 Å². The van der Waals surface area contributed by atoms with E-state index in [0.717, 1.165) is 5.76 Å². The molecule has 0 bridgehead atoms. The molecular formula is C9H10ClN5O. The number of nitrogens with zero attached hydrogens (tertiary/aromatic N) is 3. The Morgan fingerprint density at radius 1 is 1.44 bits per heavy atom. The second kappa shape index (κ2) is 4.36. The highest BCUT2D eigenvalue weighted by atomic mass is 35.5. The molecule has 16 heavy (non-hydrogen) atoms. The van der Waals surface area contributed by atoms with Crippen LogP contribution in [0.15, 0.2) is 22.8 Å². The summed E-state index contributed by atoms with van der Waals surface area (Å²) in [7, 11) is 0. The van der Waals surface area contributed by atoms with Crippen molar-refractivity contribution in [2.45, 2.75) is 13.0 Å². The second-order valence-corrected chi connectivity index (χ2v) is 3.51. The number of hydrogen-bond acceptors (Lipinski definition) is 6. The predicted octanol–water partition coefficient (Wildman–Crippen LogP) is 1.87. The molecule has 2 aromatic heterocycles. The van der Waals surface area contributed by atoms with Crippen LogP contribution in [0.3, 0.4) is 0 Å². The number of aromatic nitrogens is 3. The molecule has 2 heterocycles. The van der Waals surface area contributed by atoms with Crippen LogP contribution in [0.1, 0.15) is 18.7 Å². The van der Waals surface area contributed by atoms with Crippen molar-refractivity contribution in [1.29, 1.82) is 0 Å². The minimum Gasteiger partial charge on any atom is -0.467 e. The lowest BCUT2D eigenvalue weighted by Crippen LogP contribution is -2.10. The largest absolute Gasteiger partial charge is 0.467 e. The number of nitrogens with two attached hydrogens (primary N) is 1. The van der Waals surface area contributed by atoms with Gasteiger partial charge in [-0.05, 0) is 30.7 Å². The summed E-state index contributed by atoms with van der Waals surface area (Å²) in [5.74, 6) is 1.17. The quantitative estimate of drug-likeness (QED) is 0.850. The van der Waals surface area contributed by atoms with E-state index in [-0.39, 0.29) is 17.3 Å². The Kier molecular flexibility index (Phi) is 2.91. The number of nitrogen functional groups attached to an aromatic ring is 1. The van der Waals surface area contributed by atoms with Gasteiger partial charge in [0.25, 0.3) is 0 Å². The topological polar surface area (TPSA) is 89.9 Å². The highest BCUT2D eigenvalue weighted by Gasteiger charge is 2.10. The summed E-state index contributed by atoms with van der Waals surface area (Å²) in [4.78, 5) is 11.5. The molecule has 0 spiro atoms. The first-order valence-electron chi connectivity index (χ1n) is 4.62. The van der Waals surface area contributed by atoms with E-state index in [0.29, 0.717) is 5.95 Å². The summed E-state index contributed by atoms with van der Waals surface area (Å²) < 4.78 is 5.23. The molecule has 0 saturated carbocycles. The van der Waals surface area contributed by atoms with Crippen LogP contribution in [0, 0.1) is 0 Å². The molecule has 6 nitrogen and oxygen atoms in total. The standard InChI is InChI=1S/C9H10ClN5O/c1-5(6-3-2-4-16-6)12-9-14-7(10)13-8(11)15-9/h2-5H,1H3,(H3,11,12,13,14,15). The zero-order valence-corrected chi connectivity index (χ0v) is 9.27. The van der Waals surface area contributed by atoms with Crippen LogP contribution >= 0.6 is 11.6 Å². The van der Waals surface area contributed by atoms with Crippen molar-refractivity contribution in [3.8, 4) is 0 Å². The van der Waals surface area contributed by atoms with Gasteiger partial charge in [-0.2, -0.15) is 15.0 Å². The third kappa shape index (κ3) is 2.40. The van der Waals surface area contributed by atoms with Crippen molar-refractivity contribution in [1.82, 2.24) is 15.0 Å². The minimum atomic E-state index is -0.0760. The average Bonchev–Trinajstić information content (AvgIpc) is 2.68. The molecule has 84 valence electrons. The number of hydrogen-bond donors (Lipinski definition) is 2. The fourth-order valence-corrected chi connectivity index (χ4v) is 1.40. The number of halogens is 1. The molecule has 1 atom stereocenters. The highest BCUT2D eigenvalue weighted by molar-refractivity contribution is 6.28. The Bertz CT molecular complexity index is 453. The maximum Gasteiger partial charge on any atom is 0.229 e. The van der Waals surface area contributed by atoms with Crippen LogP contribution in [-0.4, -0.2) is 15.0 Å². The zero-order chi connectivity index (χ0) is 11.5. The molecule has 3 N–H and O–H groups in total. The number of anilines is 2. The average molecular weight is 240 g/mol. The highest BCUT2D eigenvalue weighted by Crippen LogP contribution is 2.17. The molecule has 0 aliphatic heterocycles. The first-order chi connectivity index (χ1) is 7.65. The fraction of sp³-hybridized carbons (Fsp3) is 0.222. The molecule has 0 aliphatic carbocycles. The first-order valence-corrected chi connectivity index (χ1v) is 5.00. The summed E-state index contributed by atoms with van der Waals surface area (Å²) in [6.07, 6.45) is 1.60. The summed E-state index contributed by atoms with van der Waals surface area (Å²) in [6, 6.07) is 3.58. The van der Waals surface area contributed by atoms with Crippen LogP contribution in [0.2, 0.25) is 5.28 Å². The SMILES string of the molecule is CC(Nc1nc(N)nc(Cl)n1)c1ccco1. The van der Waals surface area contributed by atoms with E-state index in [1.54, 1.807) is 6.26 Å². The van der Waals surface area contributed by atoms with Gasteiger partial charge in [-0.3, -0.25) is 0 Å². The lowest BCUT2D eigenvalue weighted by Gasteiger charge is -2.10. The molecule has 0 saturated heterocycles. The van der Waals surface area contributed by atoms with E-state index >= 15 is 0 Å². The Hall–Kier alpha value is -1.82. The summed E-state index contributed by atoms with van der Waals surface area (Å²) >= 11 is 5.65. The van der Waals surface area contributed by atoms with Crippen molar-refractivity contribution in [2.75, 3.05) is 11.1 Å². The van der Waals surface area contributed by atoms with Crippen LogP contribution in [-0.2, 0) is 0 Å². The van der Waals surface area contributed by atoms with Gasteiger partial charge in [0.2, 0.25) is 17.2 Å². The molecule has 0 aromatic carbocycles. The summed E-state index contributed by atoms with van der Waals surface area (Å²) in [6.45, 7) is 1.91. The molecular weight excluding hydrogens is 230 g/mol. The number of furan rings is 1. The predicted molar refractivity (Wildman–Crippen MR) is 60.0 cm³/mol. The van der Waals surface area contributed by atoms with Crippen molar-refractivity contribution >= 4 is 23.5 Å². The van der Waals surface area contributed by atoms with Crippen LogP contribution < -0.4 is 11.1 Å². The van der Waals surface area contributed by atoms with Crippen molar-refractivity contribution in [3.63, 3.8) is 0 Å². The molecule has 1 unspecified atom stereocenters. The number of rotatable bonds is 3. The molecule has 2 rings (SSSR count). The van der Waals surface area contributed by atoms with Gasteiger partial charge in [-0.15, -0.1) is 0 Å². The van der Waals surface area contributed by atoms with E-state index in [4.69, 9.17) is 21.8 Å². The van der Waals surface area contributed by atoms with Crippen molar-refractivity contribution in [2.24, 2.45) is 0 Å². The van der Waals surface area contributed by atoms with Gasteiger partial charge in [-0.25, -0.2) is 0 Å². The maximum atomic E-state index is 5.65. The van der Waals surface area contributed by atoms with E-state index in [2.05, 4.69) is 20.3 Å². The zero-order valence-electron chi connectivity index (χ0n) is 8.51. The van der Waals surface area contributed by atoms with E-state index in [1.807, 2.05) is 19.1 Å². The third-order valence-electron chi connectivity index (χ3n) is 1.94. The molecule has 7 heteroatoms. The van der Waals surface area contributed by atoms with Gasteiger partial charge in [0.1, 0.15) is 5.76 Å². The molecule has 0 fully saturated rings. The smallest absolute Gasteiger partial charge is 0.229 e. The normalized spacial score (nSPS) is 12.4. The maximum absolute atomic E-state index is 5.65. The molecule has 0 radical (unpaired) electrons. The van der Waals surface area contributed by atoms with E-state index in [1.165, 1.54) is 0 Å². The van der Waals surface area contributed by atoms with Gasteiger partial charge in [0.15, 0.2) is 0 Å². The van der Waals surface area contributed by atoms with Gasteiger partial charge in [0.05, 0.1) is 12.3 Å². The minimum absolute atomic E-state index is 0.0571. The van der Waals surface area contributed by atoms with Crippen molar-refractivity contribution in [3.05, 3.63) is 29.4 Å².